The summed E-state index contributed by atoms with van der Waals surface area (Å²) < 4.78 is 19.8. The van der Waals surface area contributed by atoms with Crippen LogP contribution in [-0.4, -0.2) is 81.7 Å². The second-order valence-corrected chi connectivity index (χ2v) is 10.8. The fraction of sp³-hybridized carbons (Fsp3) is 0.500. The lowest BCUT2D eigenvalue weighted by molar-refractivity contribution is -0.133. The zero-order valence-electron chi connectivity index (χ0n) is 21.3. The minimum atomic E-state index is -1.11. The molecule has 0 spiro atoms. The van der Waals surface area contributed by atoms with Crippen LogP contribution in [0.15, 0.2) is 35.9 Å². The van der Waals surface area contributed by atoms with E-state index in [1.54, 1.807) is 17.0 Å². The summed E-state index contributed by atoms with van der Waals surface area (Å²) in [7, 11) is 1.42. The van der Waals surface area contributed by atoms with E-state index >= 15 is 0 Å². The molecule has 1 aliphatic carbocycles. The molecule has 2 aromatic rings. The van der Waals surface area contributed by atoms with E-state index in [-0.39, 0.29) is 17.7 Å². The number of piperidine rings is 1. The van der Waals surface area contributed by atoms with Crippen LogP contribution in [0, 0.1) is 5.82 Å². The molecule has 2 saturated heterocycles. The van der Waals surface area contributed by atoms with Crippen molar-refractivity contribution < 1.29 is 23.8 Å². The van der Waals surface area contributed by atoms with Crippen molar-refractivity contribution in [2.75, 3.05) is 33.3 Å². The van der Waals surface area contributed by atoms with E-state index in [2.05, 4.69) is 9.88 Å². The highest BCUT2D eigenvalue weighted by Gasteiger charge is 2.60. The van der Waals surface area contributed by atoms with Crippen molar-refractivity contribution in [1.29, 1.82) is 0 Å². The maximum Gasteiger partial charge on any atom is 0.328 e. The first-order valence-electron chi connectivity index (χ1n) is 13.1. The minimum Gasteiger partial charge on any atom is -0.494 e. The Bertz CT molecular complexity index is 1330. The van der Waals surface area contributed by atoms with Gasteiger partial charge in [-0.25, -0.2) is 9.18 Å². The third-order valence-corrected chi connectivity index (χ3v) is 8.42. The van der Waals surface area contributed by atoms with Crippen LogP contribution in [0.2, 0.25) is 0 Å². The van der Waals surface area contributed by atoms with Crippen LogP contribution in [0.3, 0.4) is 0 Å². The predicted molar refractivity (Wildman–Crippen MR) is 137 cm³/mol. The number of amides is 3. The molecule has 3 amide bonds. The average Bonchev–Trinajstić information content (AvgIpc) is 3.32. The molecule has 1 aromatic carbocycles. The average molecular weight is 509 g/mol. The smallest absolute Gasteiger partial charge is 0.328 e. The second kappa shape index (κ2) is 8.99. The number of aromatic amines is 1. The minimum absolute atomic E-state index is 0.127. The SMILES string of the molecule is COc1cc2c3c([nH]c2cc1F)[C@@H](C1=CC(O)CC=C1)N1C(=O)N(CCN2CCCCC2)C(=O)[C@]1(C)C3. The van der Waals surface area contributed by atoms with Gasteiger partial charge in [-0.2, -0.15) is 0 Å². The Morgan fingerprint density at radius 1 is 1.19 bits per heavy atom. The van der Waals surface area contributed by atoms with Crippen molar-refractivity contribution in [3.8, 4) is 5.75 Å². The van der Waals surface area contributed by atoms with Gasteiger partial charge in [-0.15, -0.1) is 0 Å². The standard InChI is InChI=1S/C28H33FN4O4/c1-28-16-20-19-14-23(37-2)21(29)15-22(19)30-24(20)25(17-7-6-8-18(34)13-17)33(28)27(36)32(26(28)35)12-11-31-9-4-3-5-10-31/h6-7,13-15,18,25,30,34H,3-5,8-12,16H2,1-2H3/t18?,25-,28+/m1/s1. The number of carbonyl (C=O) groups is 2. The Hall–Kier alpha value is -3.17. The summed E-state index contributed by atoms with van der Waals surface area (Å²) in [6.07, 6.45) is 9.16. The van der Waals surface area contributed by atoms with Gasteiger partial charge in [-0.1, -0.05) is 24.6 Å². The number of rotatable bonds is 5. The van der Waals surface area contributed by atoms with E-state index in [0.29, 0.717) is 31.4 Å². The molecule has 8 nitrogen and oxygen atoms in total. The number of likely N-dealkylation sites (tertiary alicyclic amines) is 1. The Morgan fingerprint density at radius 2 is 1.97 bits per heavy atom. The van der Waals surface area contributed by atoms with Crippen molar-refractivity contribution in [2.24, 2.45) is 0 Å². The number of aliphatic hydroxyl groups is 1. The molecule has 0 bridgehead atoms. The number of hydrogen-bond donors (Lipinski definition) is 2. The normalized spacial score (nSPS) is 28.1. The van der Waals surface area contributed by atoms with Crippen LogP contribution in [-0.2, 0) is 11.2 Å². The molecule has 9 heteroatoms. The molecule has 6 rings (SSSR count). The largest absolute Gasteiger partial charge is 0.494 e. The van der Waals surface area contributed by atoms with Crippen molar-refractivity contribution in [1.82, 2.24) is 19.7 Å². The molecule has 4 heterocycles. The molecule has 3 atom stereocenters. The van der Waals surface area contributed by atoms with Crippen molar-refractivity contribution in [3.05, 3.63) is 53.0 Å². The van der Waals surface area contributed by atoms with Crippen LogP contribution >= 0.6 is 0 Å². The molecule has 0 radical (unpaired) electrons. The number of H-pyrrole nitrogens is 1. The van der Waals surface area contributed by atoms with E-state index in [0.717, 1.165) is 48.1 Å². The number of hydrogen-bond acceptors (Lipinski definition) is 5. The molecule has 37 heavy (non-hydrogen) atoms. The number of nitrogens with zero attached hydrogens (tertiary/aromatic N) is 3. The summed E-state index contributed by atoms with van der Waals surface area (Å²) in [5.74, 6) is -0.572. The molecular weight excluding hydrogens is 475 g/mol. The zero-order valence-corrected chi connectivity index (χ0v) is 21.3. The second-order valence-electron chi connectivity index (χ2n) is 10.8. The van der Waals surface area contributed by atoms with Crippen molar-refractivity contribution in [3.63, 3.8) is 0 Å². The maximum atomic E-state index is 14.6. The summed E-state index contributed by atoms with van der Waals surface area (Å²) in [5.41, 5.74) is 1.82. The first kappa shape index (κ1) is 24.2. The van der Waals surface area contributed by atoms with E-state index in [1.165, 1.54) is 24.5 Å². The number of ether oxygens (including phenoxy) is 1. The number of urea groups is 1. The number of carbonyl (C=O) groups excluding carboxylic acids is 2. The highest BCUT2D eigenvalue weighted by atomic mass is 19.1. The Labute approximate surface area is 215 Å². The van der Waals surface area contributed by atoms with E-state index in [4.69, 9.17) is 4.74 Å². The summed E-state index contributed by atoms with van der Waals surface area (Å²) in [6, 6.07) is 2.12. The fourth-order valence-electron chi connectivity index (χ4n) is 6.51. The molecule has 2 fully saturated rings. The lowest BCUT2D eigenvalue weighted by Crippen LogP contribution is -2.53. The van der Waals surface area contributed by atoms with Gasteiger partial charge in [-0.3, -0.25) is 14.6 Å². The molecule has 1 aromatic heterocycles. The molecule has 3 aliphatic heterocycles. The number of methoxy groups -OCH3 is 1. The number of fused-ring (bicyclic) bond motifs is 4. The summed E-state index contributed by atoms with van der Waals surface area (Å²) in [6.45, 7) is 4.82. The van der Waals surface area contributed by atoms with Gasteiger partial charge in [0.1, 0.15) is 11.6 Å². The van der Waals surface area contributed by atoms with Crippen LogP contribution < -0.4 is 4.74 Å². The van der Waals surface area contributed by atoms with Crippen LogP contribution in [0.5, 0.6) is 5.75 Å². The molecule has 4 aliphatic rings. The van der Waals surface area contributed by atoms with E-state index in [1.807, 2.05) is 19.1 Å². The number of aliphatic hydroxyl groups excluding tert-OH is 1. The monoisotopic (exact) mass is 508 g/mol. The Kier molecular flexibility index (Phi) is 5.88. The van der Waals surface area contributed by atoms with Crippen molar-refractivity contribution in [2.45, 2.75) is 56.7 Å². The molecule has 196 valence electrons. The molecule has 1 unspecified atom stereocenters. The van der Waals surface area contributed by atoms with E-state index in [9.17, 15) is 19.1 Å². The van der Waals surface area contributed by atoms with Crippen molar-refractivity contribution >= 4 is 22.8 Å². The number of halogens is 1. The third-order valence-electron chi connectivity index (χ3n) is 8.42. The van der Waals surface area contributed by atoms with Gasteiger partial charge in [0.15, 0.2) is 11.6 Å². The highest BCUT2D eigenvalue weighted by Crippen LogP contribution is 2.50. The van der Waals surface area contributed by atoms with Gasteiger partial charge in [0.05, 0.1) is 13.2 Å². The quantitative estimate of drug-likeness (QED) is 0.602. The fourth-order valence-corrected chi connectivity index (χ4v) is 6.51. The van der Waals surface area contributed by atoms with E-state index < -0.39 is 23.5 Å². The number of benzene rings is 1. The highest BCUT2D eigenvalue weighted by molar-refractivity contribution is 6.08. The number of imide groups is 1. The van der Waals surface area contributed by atoms with Gasteiger partial charge < -0.3 is 19.7 Å². The Morgan fingerprint density at radius 3 is 2.70 bits per heavy atom. The summed E-state index contributed by atoms with van der Waals surface area (Å²) in [4.78, 5) is 36.6. The topological polar surface area (TPSA) is 89.1 Å². The van der Waals surface area contributed by atoms with Crippen LogP contribution in [0.25, 0.3) is 10.9 Å². The van der Waals surface area contributed by atoms with Gasteiger partial charge in [0, 0.05) is 42.2 Å². The number of nitrogens with one attached hydrogen (secondary N) is 1. The lowest BCUT2D eigenvalue weighted by atomic mass is 9.80. The first-order chi connectivity index (χ1) is 17.8. The van der Waals surface area contributed by atoms with Gasteiger partial charge in [-0.05, 0) is 56.5 Å². The van der Waals surface area contributed by atoms with Gasteiger partial charge in [0.2, 0.25) is 0 Å². The third kappa shape index (κ3) is 3.78. The number of aromatic nitrogens is 1. The summed E-state index contributed by atoms with van der Waals surface area (Å²) in [5, 5.41) is 11.2. The molecule has 2 N–H and O–H groups in total. The lowest BCUT2D eigenvalue weighted by Gasteiger charge is -2.43. The van der Waals surface area contributed by atoms with Crippen LogP contribution in [0.1, 0.15) is 49.9 Å². The van der Waals surface area contributed by atoms with Gasteiger partial charge >= 0.3 is 6.03 Å². The maximum absolute atomic E-state index is 14.6. The predicted octanol–water partition coefficient (Wildman–Crippen LogP) is 3.67. The molecular formula is C28H33FN4O4. The zero-order chi connectivity index (χ0) is 25.9. The van der Waals surface area contributed by atoms with Crippen LogP contribution in [0.4, 0.5) is 9.18 Å². The summed E-state index contributed by atoms with van der Waals surface area (Å²) >= 11 is 0. The molecule has 0 saturated carbocycles. The van der Waals surface area contributed by atoms with Gasteiger partial charge in [0.25, 0.3) is 5.91 Å². The first-order valence-corrected chi connectivity index (χ1v) is 13.1. The Balaban J connectivity index is 1.44.